The Balaban J connectivity index is 1.80. The Hall–Kier alpha value is -0.890. The van der Waals surface area contributed by atoms with Gasteiger partial charge in [-0.2, -0.15) is 0 Å². The second kappa shape index (κ2) is 6.48. The molecular weight excluding hydrogens is 350 g/mol. The first-order chi connectivity index (χ1) is 10.1. The Labute approximate surface area is 137 Å². The van der Waals surface area contributed by atoms with Gasteiger partial charge in [-0.25, -0.2) is 0 Å². The fraction of sp³-hybridized carbons (Fsp3) is 0.429. The lowest BCUT2D eigenvalue weighted by Crippen LogP contribution is -2.35. The molecule has 2 aromatic rings. The van der Waals surface area contributed by atoms with E-state index in [1.807, 2.05) is 12.1 Å². The summed E-state index contributed by atoms with van der Waals surface area (Å²) in [7, 11) is 4.21. The number of rotatable bonds is 4. The lowest BCUT2D eigenvalue weighted by atomic mass is 10.2. The van der Waals surface area contributed by atoms with Crippen LogP contribution in [0.1, 0.15) is 0 Å². The number of benzene rings is 1. The van der Waals surface area contributed by atoms with Crippen LogP contribution in [0.3, 0.4) is 0 Å². The summed E-state index contributed by atoms with van der Waals surface area (Å²) in [6, 6.07) is 8.23. The molecule has 7 heteroatoms. The van der Waals surface area contributed by atoms with E-state index < -0.39 is 0 Å². The summed E-state index contributed by atoms with van der Waals surface area (Å²) in [6.45, 7) is 2.97. The lowest BCUT2D eigenvalue weighted by molar-refractivity contribution is 0.215. The molecule has 0 spiro atoms. The number of halogens is 1. The average molecular weight is 368 g/mol. The van der Waals surface area contributed by atoms with Crippen molar-refractivity contribution in [1.29, 1.82) is 0 Å². The molecule has 0 saturated heterocycles. The highest BCUT2D eigenvalue weighted by Crippen LogP contribution is 2.29. The molecule has 112 valence electrons. The van der Waals surface area contributed by atoms with E-state index in [9.17, 15) is 0 Å². The Morgan fingerprint density at radius 1 is 1.24 bits per heavy atom. The van der Waals surface area contributed by atoms with Crippen LogP contribution in [0.2, 0.25) is 0 Å². The molecule has 0 radical (unpaired) electrons. The van der Waals surface area contributed by atoms with Crippen molar-refractivity contribution in [3.05, 3.63) is 28.7 Å². The molecule has 0 unspecified atom stereocenters. The van der Waals surface area contributed by atoms with Gasteiger partial charge in [-0.1, -0.05) is 39.8 Å². The zero-order chi connectivity index (χ0) is 14.8. The first kappa shape index (κ1) is 15.0. The molecule has 0 fully saturated rings. The van der Waals surface area contributed by atoms with Crippen LogP contribution in [0.4, 0.5) is 0 Å². The molecule has 1 aliphatic rings. The second-order valence-corrected chi connectivity index (χ2v) is 7.18. The van der Waals surface area contributed by atoms with Gasteiger partial charge in [0.15, 0.2) is 11.0 Å². The number of nitrogens with zero attached hydrogens (tertiary/aromatic N) is 5. The van der Waals surface area contributed by atoms with Crippen LogP contribution in [-0.2, 0) is 6.67 Å². The van der Waals surface area contributed by atoms with E-state index in [0.29, 0.717) is 0 Å². The lowest BCUT2D eigenvalue weighted by Gasteiger charge is -2.28. The molecule has 3 rings (SSSR count). The quantitative estimate of drug-likeness (QED) is 0.829. The third-order valence-corrected chi connectivity index (χ3v) is 4.98. The van der Waals surface area contributed by atoms with Gasteiger partial charge in [-0.15, -0.1) is 10.2 Å². The number of hydrogen-bond donors (Lipinski definition) is 0. The molecule has 5 nitrogen and oxygen atoms in total. The maximum atomic E-state index is 4.37. The van der Waals surface area contributed by atoms with Crippen LogP contribution in [0, 0.1) is 0 Å². The smallest absolute Gasteiger partial charge is 0.193 e. The molecular formula is C14H18BrN5S. The van der Waals surface area contributed by atoms with E-state index in [4.69, 9.17) is 0 Å². The van der Waals surface area contributed by atoms with Gasteiger partial charge >= 0.3 is 0 Å². The first-order valence-electron chi connectivity index (χ1n) is 6.82. The molecule has 0 bridgehead atoms. The zero-order valence-corrected chi connectivity index (χ0v) is 14.6. The Kier molecular flexibility index (Phi) is 4.63. The largest absolute Gasteiger partial charge is 0.308 e. The van der Waals surface area contributed by atoms with E-state index >= 15 is 0 Å². The Morgan fingerprint density at radius 3 is 2.71 bits per heavy atom. The van der Waals surface area contributed by atoms with Crippen molar-refractivity contribution >= 4 is 27.7 Å². The van der Waals surface area contributed by atoms with Crippen molar-refractivity contribution in [2.24, 2.45) is 0 Å². The van der Waals surface area contributed by atoms with E-state index in [1.165, 1.54) is 0 Å². The molecule has 0 N–H and O–H groups in total. The third kappa shape index (κ3) is 3.48. The monoisotopic (exact) mass is 367 g/mol. The number of thioether (sulfide) groups is 1. The van der Waals surface area contributed by atoms with Crippen molar-refractivity contribution in [3.8, 4) is 11.4 Å². The summed E-state index contributed by atoms with van der Waals surface area (Å²) < 4.78 is 3.28. The molecule has 0 amide bonds. The number of aromatic nitrogens is 3. The predicted octanol–water partition coefficient (Wildman–Crippen LogP) is 2.59. The fourth-order valence-corrected chi connectivity index (χ4v) is 3.37. The van der Waals surface area contributed by atoms with Crippen molar-refractivity contribution in [1.82, 2.24) is 24.6 Å². The van der Waals surface area contributed by atoms with Crippen LogP contribution in [0.15, 0.2) is 33.9 Å². The molecule has 0 atom stereocenters. The minimum Gasteiger partial charge on any atom is -0.308 e. The summed E-state index contributed by atoms with van der Waals surface area (Å²) in [5.74, 6) is 1.92. The van der Waals surface area contributed by atoms with Crippen LogP contribution in [-0.4, -0.2) is 57.6 Å². The summed E-state index contributed by atoms with van der Waals surface area (Å²) in [6.07, 6.45) is 0. The fourth-order valence-electron chi connectivity index (χ4n) is 2.20. The molecule has 0 aliphatic carbocycles. The molecule has 0 saturated carbocycles. The minimum atomic E-state index is 0.856. The molecule has 1 aromatic carbocycles. The topological polar surface area (TPSA) is 37.2 Å². The molecule has 1 aliphatic heterocycles. The normalized spacial score (nSPS) is 15.4. The van der Waals surface area contributed by atoms with Gasteiger partial charge < -0.3 is 4.90 Å². The van der Waals surface area contributed by atoms with Crippen molar-refractivity contribution in [2.75, 3.05) is 33.1 Å². The standard InChI is InChI=1S/C14H18BrN5S/c1-18(2)7-8-19-9-20-13(16-17-14(20)21-10-19)11-3-5-12(15)6-4-11/h3-6H,7-10H2,1-2H3. The van der Waals surface area contributed by atoms with Crippen molar-refractivity contribution < 1.29 is 0 Å². The maximum absolute atomic E-state index is 4.37. The zero-order valence-electron chi connectivity index (χ0n) is 12.2. The van der Waals surface area contributed by atoms with E-state index in [-0.39, 0.29) is 0 Å². The first-order valence-corrected chi connectivity index (χ1v) is 8.60. The summed E-state index contributed by atoms with van der Waals surface area (Å²) >= 11 is 5.22. The molecule has 2 heterocycles. The van der Waals surface area contributed by atoms with Crippen LogP contribution in [0.5, 0.6) is 0 Å². The maximum Gasteiger partial charge on any atom is 0.193 e. The summed E-state index contributed by atoms with van der Waals surface area (Å²) in [4.78, 5) is 4.63. The Morgan fingerprint density at radius 2 is 2.00 bits per heavy atom. The SMILES string of the molecule is CN(C)CCN1CSc2nnc(-c3ccc(Br)cc3)n2C1. The second-order valence-electron chi connectivity index (χ2n) is 5.35. The summed E-state index contributed by atoms with van der Waals surface area (Å²) in [5, 5.41) is 9.69. The van der Waals surface area contributed by atoms with Crippen molar-refractivity contribution in [2.45, 2.75) is 11.8 Å². The average Bonchev–Trinajstić information content (AvgIpc) is 2.89. The molecule has 21 heavy (non-hydrogen) atoms. The highest BCUT2D eigenvalue weighted by atomic mass is 79.9. The van der Waals surface area contributed by atoms with Crippen LogP contribution >= 0.6 is 27.7 Å². The van der Waals surface area contributed by atoms with Gasteiger partial charge in [-0.05, 0) is 26.2 Å². The number of fused-ring (bicyclic) bond motifs is 1. The van der Waals surface area contributed by atoms with Gasteiger partial charge in [0, 0.05) is 23.1 Å². The van der Waals surface area contributed by atoms with Crippen LogP contribution in [0.25, 0.3) is 11.4 Å². The predicted molar refractivity (Wildman–Crippen MR) is 89.1 cm³/mol. The number of hydrogen-bond acceptors (Lipinski definition) is 5. The Bertz CT molecular complexity index is 610. The van der Waals surface area contributed by atoms with Gasteiger partial charge in [0.05, 0.1) is 12.5 Å². The van der Waals surface area contributed by atoms with Gasteiger partial charge in [0.1, 0.15) is 0 Å². The number of likely N-dealkylation sites (N-methyl/N-ethyl adjacent to an activating group) is 1. The van der Waals surface area contributed by atoms with Crippen molar-refractivity contribution in [3.63, 3.8) is 0 Å². The van der Waals surface area contributed by atoms with E-state index in [0.717, 1.165) is 46.7 Å². The minimum absolute atomic E-state index is 0.856. The highest BCUT2D eigenvalue weighted by molar-refractivity contribution is 9.10. The van der Waals surface area contributed by atoms with Gasteiger partial charge in [0.2, 0.25) is 0 Å². The van der Waals surface area contributed by atoms with Gasteiger partial charge in [0.25, 0.3) is 0 Å². The summed E-state index contributed by atoms with van der Waals surface area (Å²) in [5.41, 5.74) is 1.10. The van der Waals surface area contributed by atoms with E-state index in [1.54, 1.807) is 11.8 Å². The van der Waals surface area contributed by atoms with Gasteiger partial charge in [-0.3, -0.25) is 9.47 Å². The highest BCUT2D eigenvalue weighted by Gasteiger charge is 2.22. The van der Waals surface area contributed by atoms with Crippen LogP contribution < -0.4 is 0 Å². The molecule has 1 aromatic heterocycles. The third-order valence-electron chi connectivity index (χ3n) is 3.40. The van der Waals surface area contributed by atoms with E-state index in [2.05, 4.69) is 66.7 Å².